The fourth-order valence-electron chi connectivity index (χ4n) is 3.19. The van der Waals surface area contributed by atoms with E-state index in [1.807, 2.05) is 6.07 Å². The van der Waals surface area contributed by atoms with Gasteiger partial charge in [-0.15, -0.1) is 0 Å². The van der Waals surface area contributed by atoms with Crippen molar-refractivity contribution in [3.8, 4) is 11.5 Å². The summed E-state index contributed by atoms with van der Waals surface area (Å²) in [5, 5.41) is 25.2. The number of fused-ring (bicyclic) bond motifs is 1. The summed E-state index contributed by atoms with van der Waals surface area (Å²) in [6.07, 6.45) is -0.203. The molecule has 2 N–H and O–H groups in total. The Labute approximate surface area is 143 Å². The van der Waals surface area contributed by atoms with Gasteiger partial charge >= 0.3 is 0 Å². The molecular formula is C19H16N2O4. The second-order valence-electron chi connectivity index (χ2n) is 6.00. The molecule has 0 bridgehead atoms. The first-order valence-corrected chi connectivity index (χ1v) is 7.89. The smallest absolute Gasteiger partial charge is 0.263 e. The first-order chi connectivity index (χ1) is 12.1. The van der Waals surface area contributed by atoms with E-state index in [1.54, 1.807) is 49.5 Å². The molecule has 0 fully saturated rings. The summed E-state index contributed by atoms with van der Waals surface area (Å²) in [5.74, 6) is 0.0126. The molecule has 1 atom stereocenters. The molecule has 4 rings (SSSR count). The lowest BCUT2D eigenvalue weighted by Crippen LogP contribution is -2.24. The van der Waals surface area contributed by atoms with Crippen LogP contribution in [0.1, 0.15) is 23.7 Å². The minimum absolute atomic E-state index is 0.0982. The predicted molar refractivity (Wildman–Crippen MR) is 93.9 cm³/mol. The lowest BCUT2D eigenvalue weighted by molar-refractivity contribution is 0.0838. The summed E-state index contributed by atoms with van der Waals surface area (Å²) in [4.78, 5) is 18.1. The molecule has 0 amide bonds. The zero-order chi connectivity index (χ0) is 17.6. The van der Waals surface area contributed by atoms with Crippen LogP contribution in [0.3, 0.4) is 0 Å². The summed E-state index contributed by atoms with van der Waals surface area (Å²) >= 11 is 0. The van der Waals surface area contributed by atoms with Crippen LogP contribution in [-0.2, 0) is 11.9 Å². The summed E-state index contributed by atoms with van der Waals surface area (Å²) in [6.45, 7) is 0. The SMILES string of the molecule is Cn1c(=O)c(C2=NOC(c3ccccc3O)C2)c(O)c2ccccc21. The normalized spacial score (nSPS) is 16.7. The van der Waals surface area contributed by atoms with Gasteiger partial charge in [-0.3, -0.25) is 4.79 Å². The second-order valence-corrected chi connectivity index (χ2v) is 6.00. The Balaban J connectivity index is 1.79. The van der Waals surface area contributed by atoms with Gasteiger partial charge in [0.2, 0.25) is 0 Å². The standard InChI is InChI=1S/C19H16N2O4/c1-21-14-8-4-2-6-11(14)18(23)17(19(21)24)13-10-16(25-20-13)12-7-3-5-9-15(12)22/h2-9,16,22-23H,10H2,1H3. The lowest BCUT2D eigenvalue weighted by atomic mass is 9.98. The van der Waals surface area contributed by atoms with E-state index in [0.717, 1.165) is 0 Å². The molecule has 25 heavy (non-hydrogen) atoms. The molecule has 0 saturated carbocycles. The number of para-hydroxylation sites is 2. The van der Waals surface area contributed by atoms with Gasteiger partial charge in [0.05, 0.1) is 5.52 Å². The maximum absolute atomic E-state index is 12.7. The van der Waals surface area contributed by atoms with E-state index in [2.05, 4.69) is 5.16 Å². The number of aromatic nitrogens is 1. The maximum Gasteiger partial charge on any atom is 0.263 e. The largest absolute Gasteiger partial charge is 0.508 e. The third-order valence-corrected chi connectivity index (χ3v) is 4.52. The highest BCUT2D eigenvalue weighted by Gasteiger charge is 2.30. The number of phenolic OH excluding ortho intramolecular Hbond substituents is 1. The molecule has 0 spiro atoms. The molecule has 6 heteroatoms. The summed E-state index contributed by atoms with van der Waals surface area (Å²) in [5.41, 5.74) is 1.41. The van der Waals surface area contributed by atoms with Crippen LogP contribution in [0.15, 0.2) is 58.5 Å². The number of rotatable bonds is 2. The van der Waals surface area contributed by atoms with Crippen LogP contribution in [0, 0.1) is 0 Å². The van der Waals surface area contributed by atoms with Gasteiger partial charge < -0.3 is 19.6 Å². The Hall–Kier alpha value is -3.28. The molecule has 0 radical (unpaired) electrons. The van der Waals surface area contributed by atoms with Gasteiger partial charge in [-0.2, -0.15) is 0 Å². The number of hydrogen-bond acceptors (Lipinski definition) is 5. The molecule has 2 aromatic carbocycles. The van der Waals surface area contributed by atoms with Gasteiger partial charge in [-0.1, -0.05) is 35.5 Å². The first-order valence-electron chi connectivity index (χ1n) is 7.89. The van der Waals surface area contributed by atoms with E-state index in [9.17, 15) is 15.0 Å². The zero-order valence-corrected chi connectivity index (χ0v) is 13.5. The van der Waals surface area contributed by atoms with Crippen LogP contribution in [-0.4, -0.2) is 20.5 Å². The molecule has 1 unspecified atom stereocenters. The number of oxime groups is 1. The Kier molecular flexibility index (Phi) is 3.46. The van der Waals surface area contributed by atoms with Crippen molar-refractivity contribution in [1.82, 2.24) is 4.57 Å². The highest BCUT2D eigenvalue weighted by Crippen LogP contribution is 2.36. The number of aromatic hydroxyl groups is 2. The van der Waals surface area contributed by atoms with Gasteiger partial charge in [0.25, 0.3) is 5.56 Å². The molecule has 3 aromatic rings. The number of benzene rings is 2. The maximum atomic E-state index is 12.7. The van der Waals surface area contributed by atoms with Gasteiger partial charge in [0.15, 0.2) is 6.10 Å². The number of pyridine rings is 1. The summed E-state index contributed by atoms with van der Waals surface area (Å²) in [6, 6.07) is 14.0. The molecule has 0 saturated heterocycles. The van der Waals surface area contributed by atoms with Gasteiger partial charge in [-0.05, 0) is 18.2 Å². The Bertz CT molecular complexity index is 1070. The Morgan fingerprint density at radius 2 is 1.84 bits per heavy atom. The molecule has 126 valence electrons. The first kappa shape index (κ1) is 15.3. The minimum atomic E-state index is -0.494. The lowest BCUT2D eigenvalue weighted by Gasteiger charge is -2.12. The number of aryl methyl sites for hydroxylation is 1. The highest BCUT2D eigenvalue weighted by molar-refractivity contribution is 6.07. The van der Waals surface area contributed by atoms with Crippen LogP contribution in [0.4, 0.5) is 0 Å². The number of phenols is 1. The van der Waals surface area contributed by atoms with Crippen molar-refractivity contribution < 1.29 is 15.1 Å². The van der Waals surface area contributed by atoms with Crippen LogP contribution in [0.2, 0.25) is 0 Å². The zero-order valence-electron chi connectivity index (χ0n) is 13.5. The van der Waals surface area contributed by atoms with Crippen molar-refractivity contribution in [1.29, 1.82) is 0 Å². The van der Waals surface area contributed by atoms with Crippen molar-refractivity contribution in [3.05, 3.63) is 70.0 Å². The van der Waals surface area contributed by atoms with Crippen molar-refractivity contribution >= 4 is 16.6 Å². The molecule has 1 aliphatic rings. The average Bonchev–Trinajstić information content (AvgIpc) is 3.10. The molecule has 2 heterocycles. The molecule has 6 nitrogen and oxygen atoms in total. The Morgan fingerprint density at radius 3 is 2.64 bits per heavy atom. The van der Waals surface area contributed by atoms with Gasteiger partial charge in [0.1, 0.15) is 22.8 Å². The van der Waals surface area contributed by atoms with Crippen LogP contribution in [0.25, 0.3) is 10.9 Å². The minimum Gasteiger partial charge on any atom is -0.508 e. The quantitative estimate of drug-likeness (QED) is 0.754. The van der Waals surface area contributed by atoms with Gasteiger partial charge in [0, 0.05) is 24.4 Å². The van der Waals surface area contributed by atoms with Crippen molar-refractivity contribution in [2.75, 3.05) is 0 Å². The van der Waals surface area contributed by atoms with Gasteiger partial charge in [-0.25, -0.2) is 0 Å². The van der Waals surface area contributed by atoms with Crippen LogP contribution < -0.4 is 5.56 Å². The average molecular weight is 336 g/mol. The number of nitrogens with zero attached hydrogens (tertiary/aromatic N) is 2. The van der Waals surface area contributed by atoms with E-state index in [4.69, 9.17) is 4.84 Å². The van der Waals surface area contributed by atoms with Crippen molar-refractivity contribution in [3.63, 3.8) is 0 Å². The monoisotopic (exact) mass is 336 g/mol. The van der Waals surface area contributed by atoms with Crippen molar-refractivity contribution in [2.45, 2.75) is 12.5 Å². The molecule has 0 aliphatic carbocycles. The highest BCUT2D eigenvalue weighted by atomic mass is 16.6. The third kappa shape index (κ3) is 2.34. The van der Waals surface area contributed by atoms with Crippen LogP contribution >= 0.6 is 0 Å². The topological polar surface area (TPSA) is 84.1 Å². The third-order valence-electron chi connectivity index (χ3n) is 4.52. The molecule has 1 aromatic heterocycles. The number of hydrogen-bond donors (Lipinski definition) is 2. The van der Waals surface area contributed by atoms with E-state index in [1.165, 1.54) is 4.57 Å². The predicted octanol–water partition coefficient (Wildman–Crippen LogP) is 2.82. The molecular weight excluding hydrogens is 320 g/mol. The molecule has 1 aliphatic heterocycles. The summed E-state index contributed by atoms with van der Waals surface area (Å²) in [7, 11) is 1.66. The van der Waals surface area contributed by atoms with E-state index in [-0.39, 0.29) is 22.6 Å². The Morgan fingerprint density at radius 1 is 1.12 bits per heavy atom. The second kappa shape index (κ2) is 5.66. The van der Waals surface area contributed by atoms with Crippen molar-refractivity contribution in [2.24, 2.45) is 12.2 Å². The van der Waals surface area contributed by atoms with Crippen LogP contribution in [0.5, 0.6) is 11.5 Å². The van der Waals surface area contributed by atoms with E-state index in [0.29, 0.717) is 28.6 Å². The summed E-state index contributed by atoms with van der Waals surface area (Å²) < 4.78 is 1.49. The van der Waals surface area contributed by atoms with E-state index < -0.39 is 6.10 Å². The van der Waals surface area contributed by atoms with E-state index >= 15 is 0 Å². The fraction of sp³-hybridized carbons (Fsp3) is 0.158. The fourth-order valence-corrected chi connectivity index (χ4v) is 3.19.